The Balaban J connectivity index is 0.997. The van der Waals surface area contributed by atoms with E-state index >= 15 is 4.79 Å². The van der Waals surface area contributed by atoms with E-state index in [0.717, 1.165) is 120 Å². The predicted molar refractivity (Wildman–Crippen MR) is 287 cm³/mol. The third-order valence-electron chi connectivity index (χ3n) is 15.7. The normalized spacial score (nSPS) is 13.4. The minimum atomic E-state index is -0.163. The van der Waals surface area contributed by atoms with Gasteiger partial charge in [-0.2, -0.15) is 0 Å². The highest BCUT2D eigenvalue weighted by Crippen LogP contribution is 2.61. The van der Waals surface area contributed by atoms with Crippen LogP contribution in [0.3, 0.4) is 0 Å². The van der Waals surface area contributed by atoms with Gasteiger partial charge in [0.25, 0.3) is 16.7 Å². The summed E-state index contributed by atoms with van der Waals surface area (Å²) in [6.45, 7) is 0. The molecule has 0 spiro atoms. The van der Waals surface area contributed by atoms with Gasteiger partial charge in [-0.05, 0) is 118 Å². The molecule has 328 valence electrons. The second-order valence-corrected chi connectivity index (χ2v) is 20.1. The van der Waals surface area contributed by atoms with Crippen molar-refractivity contribution in [1.29, 1.82) is 0 Å². The van der Waals surface area contributed by atoms with Crippen LogP contribution in [0.5, 0.6) is 0 Å². The first-order valence-corrected chi connectivity index (χ1v) is 24.5. The predicted octanol–water partition coefficient (Wildman–Crippen LogP) is 14.1. The minimum absolute atomic E-state index is 0.0549. The molecule has 4 aliphatic heterocycles. The quantitative estimate of drug-likeness (QED) is 0.120. The maximum absolute atomic E-state index is 15.5. The van der Waals surface area contributed by atoms with E-state index < -0.39 is 0 Å². The van der Waals surface area contributed by atoms with Crippen molar-refractivity contribution in [3.05, 3.63) is 207 Å². The Kier molecular flexibility index (Phi) is 6.32. The van der Waals surface area contributed by atoms with Crippen molar-refractivity contribution in [2.75, 3.05) is 4.90 Å². The molecule has 10 aromatic carbocycles. The fraction of sp³-hybridized carbons (Fsp3) is 0. The number of benzene rings is 10. The van der Waals surface area contributed by atoms with E-state index in [9.17, 15) is 9.59 Å². The summed E-state index contributed by atoms with van der Waals surface area (Å²) in [7, 11) is 0. The maximum Gasteiger partial charge on any atom is 0.263 e. The molecule has 9 nitrogen and oxygen atoms in total. The Morgan fingerprint density at radius 3 is 1.70 bits per heavy atom. The van der Waals surface area contributed by atoms with Crippen LogP contribution in [0.25, 0.3) is 132 Å². The van der Waals surface area contributed by atoms with Gasteiger partial charge in [-0.25, -0.2) is 0 Å². The first kappa shape index (κ1) is 36.6. The van der Waals surface area contributed by atoms with Gasteiger partial charge in [0.2, 0.25) is 0 Å². The standard InChI is InChI=1S/C61H29N5O4S/c67-59-38-15-6-4-13-34(38)42-29-40(58-57-53(42)63(59)44-17-8-7-16-43(44)62(57)50-32-11-2-1-10-30(32)21-27-49(50)71-58)31-20-22-39-41(28-31)36-24-26-48-56-52(36)65(61(39)69)46-19-9-18-45-54(46)66(56)55-47(70-48)25-23-35-33-12-3-5-14-37(33)60(68)64(45)51(35)55/h1-29H. The molecule has 0 aliphatic carbocycles. The van der Waals surface area contributed by atoms with Gasteiger partial charge < -0.3 is 9.32 Å². The van der Waals surface area contributed by atoms with E-state index in [0.29, 0.717) is 38.4 Å². The largest absolute Gasteiger partial charge is 0.453 e. The van der Waals surface area contributed by atoms with Crippen LogP contribution in [0.2, 0.25) is 0 Å². The molecule has 10 heteroatoms. The van der Waals surface area contributed by atoms with Crippen LogP contribution >= 0.6 is 11.8 Å². The number of aromatic nitrogens is 4. The van der Waals surface area contributed by atoms with Crippen LogP contribution in [-0.2, 0) is 0 Å². The number of para-hydroxylation sites is 3. The summed E-state index contributed by atoms with van der Waals surface area (Å²) in [6, 6.07) is 59.4. The molecule has 0 unspecified atom stereocenters. The highest BCUT2D eigenvalue weighted by Gasteiger charge is 2.38. The molecule has 71 heavy (non-hydrogen) atoms. The number of anilines is 3. The molecule has 14 aromatic rings. The summed E-state index contributed by atoms with van der Waals surface area (Å²) in [6.07, 6.45) is 0. The molecule has 0 amide bonds. The molecule has 0 N–H and O–H groups in total. The summed E-state index contributed by atoms with van der Waals surface area (Å²) in [5, 5.41) is 9.49. The van der Waals surface area contributed by atoms with Crippen molar-refractivity contribution >= 4 is 138 Å². The topological polar surface area (TPSA) is 86.3 Å². The molecule has 8 heterocycles. The van der Waals surface area contributed by atoms with Gasteiger partial charge in [-0.1, -0.05) is 103 Å². The molecule has 0 saturated carbocycles. The monoisotopic (exact) mass is 927 g/mol. The van der Waals surface area contributed by atoms with Crippen LogP contribution in [0.4, 0.5) is 17.1 Å². The van der Waals surface area contributed by atoms with Gasteiger partial charge in [0.05, 0.1) is 56.0 Å². The molecule has 4 aliphatic rings. The highest BCUT2D eigenvalue weighted by atomic mass is 32.2. The fourth-order valence-corrected chi connectivity index (χ4v) is 14.1. The zero-order valence-electron chi connectivity index (χ0n) is 37.0. The molecule has 0 fully saturated rings. The molecule has 0 atom stereocenters. The van der Waals surface area contributed by atoms with Crippen molar-refractivity contribution in [3.63, 3.8) is 0 Å². The van der Waals surface area contributed by atoms with E-state index in [1.54, 1.807) is 11.8 Å². The van der Waals surface area contributed by atoms with E-state index in [-0.39, 0.29) is 16.7 Å². The lowest BCUT2D eigenvalue weighted by Crippen LogP contribution is -2.29. The van der Waals surface area contributed by atoms with Crippen molar-refractivity contribution in [2.45, 2.75) is 9.79 Å². The van der Waals surface area contributed by atoms with E-state index in [2.05, 4.69) is 94.4 Å². The van der Waals surface area contributed by atoms with Crippen molar-refractivity contribution < 1.29 is 4.42 Å². The Bertz CT molecular complexity index is 5370. The molecule has 18 rings (SSSR count). The van der Waals surface area contributed by atoms with Gasteiger partial charge in [0, 0.05) is 47.5 Å². The Labute approximate surface area is 402 Å². The number of pyridine rings is 3. The fourth-order valence-electron chi connectivity index (χ4n) is 12.9. The number of fused-ring (bicyclic) bond motifs is 15. The zero-order valence-corrected chi connectivity index (χ0v) is 37.8. The minimum Gasteiger partial charge on any atom is -0.453 e. The first-order valence-electron chi connectivity index (χ1n) is 23.6. The van der Waals surface area contributed by atoms with Crippen molar-refractivity contribution in [1.82, 2.24) is 17.9 Å². The summed E-state index contributed by atoms with van der Waals surface area (Å²) >= 11 is 1.73. The molecule has 0 radical (unpaired) electrons. The van der Waals surface area contributed by atoms with Crippen LogP contribution in [0, 0.1) is 0 Å². The van der Waals surface area contributed by atoms with Crippen molar-refractivity contribution in [3.8, 4) is 22.5 Å². The number of nitrogens with zero attached hydrogens (tertiary/aromatic N) is 5. The second-order valence-electron chi connectivity index (χ2n) is 19.0. The lowest BCUT2D eigenvalue weighted by Gasteiger charge is -2.40. The zero-order chi connectivity index (χ0) is 46.3. The second kappa shape index (κ2) is 12.3. The smallest absolute Gasteiger partial charge is 0.263 e. The summed E-state index contributed by atoms with van der Waals surface area (Å²) in [5.74, 6) is 0. The SMILES string of the molecule is O=c1c2ccccc2c2cc(-c3ccc4c(=O)n5c6cccc7c6-n6c8c(ccc9c%10ccccc%10c(=O)n7c98)oc7ccc(c4c3)c5c76)c3c4c2n1-c1ccccc1N4c1c(ccc2ccccc12)S3. The molecule has 0 saturated heterocycles. The highest BCUT2D eigenvalue weighted by molar-refractivity contribution is 8.00. The first-order chi connectivity index (χ1) is 35.0. The maximum atomic E-state index is 15.5. The summed E-state index contributed by atoms with van der Waals surface area (Å²) in [4.78, 5) is 49.6. The van der Waals surface area contributed by atoms with E-state index in [1.165, 1.54) is 0 Å². The Morgan fingerprint density at radius 1 is 0.380 bits per heavy atom. The lowest BCUT2D eigenvalue weighted by molar-refractivity contribution is 0.653. The third kappa shape index (κ3) is 4.13. The van der Waals surface area contributed by atoms with Gasteiger partial charge in [0.15, 0.2) is 11.2 Å². The van der Waals surface area contributed by atoms with Gasteiger partial charge in [0.1, 0.15) is 11.0 Å². The average molecular weight is 928 g/mol. The van der Waals surface area contributed by atoms with Crippen LogP contribution in [0.1, 0.15) is 0 Å². The molecular formula is C61H29N5O4S. The van der Waals surface area contributed by atoms with Crippen LogP contribution < -0.4 is 21.6 Å². The number of hydrogen-bond acceptors (Lipinski definition) is 6. The van der Waals surface area contributed by atoms with Crippen LogP contribution in [0.15, 0.2) is 205 Å². The number of rotatable bonds is 1. The van der Waals surface area contributed by atoms with E-state index in [1.807, 2.05) is 104 Å². The summed E-state index contributed by atoms with van der Waals surface area (Å²) in [5.41, 5.74) is 12.8. The Hall–Kier alpha value is -9.38. The van der Waals surface area contributed by atoms with Gasteiger partial charge in [-0.3, -0.25) is 32.3 Å². The molecule has 0 bridgehead atoms. The van der Waals surface area contributed by atoms with Crippen molar-refractivity contribution in [2.24, 2.45) is 0 Å². The Morgan fingerprint density at radius 2 is 0.972 bits per heavy atom. The lowest BCUT2D eigenvalue weighted by atomic mass is 9.93. The average Bonchev–Trinajstić information content (AvgIpc) is 3.42. The van der Waals surface area contributed by atoms with E-state index in [4.69, 9.17) is 4.42 Å². The van der Waals surface area contributed by atoms with Gasteiger partial charge >= 0.3 is 0 Å². The molecule has 4 aromatic heterocycles. The number of hydrogen-bond donors (Lipinski definition) is 0. The molecular weight excluding hydrogens is 899 g/mol. The third-order valence-corrected chi connectivity index (χ3v) is 16.9. The summed E-state index contributed by atoms with van der Waals surface area (Å²) < 4.78 is 14.6. The van der Waals surface area contributed by atoms with Crippen LogP contribution in [-0.4, -0.2) is 17.9 Å². The van der Waals surface area contributed by atoms with Gasteiger partial charge in [-0.15, -0.1) is 0 Å².